The maximum Gasteiger partial charge on any atom is 0.168 e. The van der Waals surface area contributed by atoms with Gasteiger partial charge in [0, 0.05) is 25.2 Å². The molecule has 0 saturated carbocycles. The van der Waals surface area contributed by atoms with E-state index < -0.39 is 11.6 Å². The summed E-state index contributed by atoms with van der Waals surface area (Å²) in [4.78, 5) is 5.83. The Kier molecular flexibility index (Phi) is 4.47. The summed E-state index contributed by atoms with van der Waals surface area (Å²) in [5, 5.41) is 3.34. The Labute approximate surface area is 106 Å². The Hall–Kier alpha value is -1.23. The number of pyridine rings is 1. The quantitative estimate of drug-likeness (QED) is 0.818. The molecular weight excluding hydrogens is 236 g/mol. The van der Waals surface area contributed by atoms with E-state index in [0.717, 1.165) is 51.2 Å². The van der Waals surface area contributed by atoms with E-state index in [2.05, 4.69) is 17.2 Å². The van der Waals surface area contributed by atoms with Crippen LogP contribution < -0.4 is 10.2 Å². The molecule has 0 amide bonds. The molecule has 1 unspecified atom stereocenters. The zero-order valence-electron chi connectivity index (χ0n) is 10.6. The monoisotopic (exact) mass is 255 g/mol. The Bertz CT molecular complexity index is 398. The summed E-state index contributed by atoms with van der Waals surface area (Å²) in [5.41, 5.74) is 0. The van der Waals surface area contributed by atoms with Crippen molar-refractivity contribution in [1.82, 2.24) is 10.3 Å². The van der Waals surface area contributed by atoms with E-state index in [1.165, 1.54) is 0 Å². The predicted octanol–water partition coefficient (Wildman–Crippen LogP) is 2.33. The maximum atomic E-state index is 13.7. The van der Waals surface area contributed by atoms with Gasteiger partial charge in [-0.05, 0) is 25.8 Å². The molecule has 3 nitrogen and oxygen atoms in total. The molecule has 1 N–H and O–H groups in total. The van der Waals surface area contributed by atoms with Crippen LogP contribution in [0, 0.1) is 11.6 Å². The minimum absolute atomic E-state index is 0.254. The van der Waals surface area contributed by atoms with Crippen LogP contribution in [0.15, 0.2) is 12.3 Å². The summed E-state index contributed by atoms with van der Waals surface area (Å²) < 4.78 is 26.5. The van der Waals surface area contributed by atoms with Gasteiger partial charge < -0.3 is 10.2 Å². The van der Waals surface area contributed by atoms with Crippen molar-refractivity contribution < 1.29 is 8.78 Å². The smallest absolute Gasteiger partial charge is 0.168 e. The van der Waals surface area contributed by atoms with Gasteiger partial charge in [0.25, 0.3) is 0 Å². The van der Waals surface area contributed by atoms with Gasteiger partial charge in [-0.15, -0.1) is 0 Å². The number of nitrogens with one attached hydrogen (secondary N) is 1. The fourth-order valence-corrected chi connectivity index (χ4v) is 2.39. The molecule has 5 heteroatoms. The van der Waals surface area contributed by atoms with Crippen molar-refractivity contribution in [3.8, 4) is 0 Å². The van der Waals surface area contributed by atoms with E-state index in [-0.39, 0.29) is 11.9 Å². The third-order valence-electron chi connectivity index (χ3n) is 3.24. The lowest BCUT2D eigenvalue weighted by Crippen LogP contribution is -2.39. The van der Waals surface area contributed by atoms with Gasteiger partial charge in [-0.1, -0.05) is 6.92 Å². The van der Waals surface area contributed by atoms with Crippen molar-refractivity contribution in [1.29, 1.82) is 0 Å². The van der Waals surface area contributed by atoms with Crippen molar-refractivity contribution in [3.63, 3.8) is 0 Å². The summed E-state index contributed by atoms with van der Waals surface area (Å²) in [7, 11) is 0. The Morgan fingerprint density at radius 3 is 3.06 bits per heavy atom. The molecule has 1 aromatic heterocycles. The second kappa shape index (κ2) is 6.09. The Balaban J connectivity index is 2.06. The molecule has 0 radical (unpaired) electrons. The number of rotatable bonds is 5. The maximum absolute atomic E-state index is 13.7. The first-order chi connectivity index (χ1) is 8.72. The first-order valence-electron chi connectivity index (χ1n) is 6.50. The summed E-state index contributed by atoms with van der Waals surface area (Å²) in [5.74, 6) is -0.925. The van der Waals surface area contributed by atoms with E-state index in [0.29, 0.717) is 0 Å². The summed E-state index contributed by atoms with van der Waals surface area (Å²) in [6.45, 7) is 4.69. The van der Waals surface area contributed by atoms with Crippen LogP contribution in [0.5, 0.6) is 0 Å². The lowest BCUT2D eigenvalue weighted by molar-refractivity contribution is 0.542. The average molecular weight is 255 g/mol. The van der Waals surface area contributed by atoms with E-state index in [9.17, 15) is 8.78 Å². The summed E-state index contributed by atoms with van der Waals surface area (Å²) in [6.07, 6.45) is 4.20. The largest absolute Gasteiger partial charge is 0.350 e. The molecule has 1 saturated heterocycles. The Morgan fingerprint density at radius 2 is 2.33 bits per heavy atom. The highest BCUT2D eigenvalue weighted by atomic mass is 19.1. The third kappa shape index (κ3) is 2.96. The van der Waals surface area contributed by atoms with Gasteiger partial charge in [-0.25, -0.2) is 13.8 Å². The second-order valence-electron chi connectivity index (χ2n) is 4.65. The van der Waals surface area contributed by atoms with Gasteiger partial charge >= 0.3 is 0 Å². The van der Waals surface area contributed by atoms with Crippen molar-refractivity contribution in [2.75, 3.05) is 24.5 Å². The SMILES string of the molecule is CCCNCC1CCCN1c1ncc(F)cc1F. The van der Waals surface area contributed by atoms with E-state index in [4.69, 9.17) is 0 Å². The molecular formula is C13H19F2N3. The number of nitrogens with zero attached hydrogens (tertiary/aromatic N) is 2. The van der Waals surface area contributed by atoms with Crippen LogP contribution in [0.1, 0.15) is 26.2 Å². The molecule has 0 aromatic carbocycles. The lowest BCUT2D eigenvalue weighted by Gasteiger charge is -2.26. The molecule has 1 aliphatic heterocycles. The van der Waals surface area contributed by atoms with Gasteiger partial charge in [0.2, 0.25) is 0 Å². The van der Waals surface area contributed by atoms with E-state index in [1.54, 1.807) is 0 Å². The van der Waals surface area contributed by atoms with Crippen molar-refractivity contribution in [3.05, 3.63) is 23.9 Å². The number of halogens is 2. The zero-order valence-corrected chi connectivity index (χ0v) is 10.6. The number of hydrogen-bond acceptors (Lipinski definition) is 3. The molecule has 1 aromatic rings. The van der Waals surface area contributed by atoms with E-state index in [1.807, 2.05) is 4.90 Å². The highest BCUT2D eigenvalue weighted by Crippen LogP contribution is 2.25. The third-order valence-corrected chi connectivity index (χ3v) is 3.24. The van der Waals surface area contributed by atoms with Gasteiger partial charge in [0.15, 0.2) is 11.6 Å². The highest BCUT2D eigenvalue weighted by Gasteiger charge is 2.27. The standard InChI is InChI=1S/C13H19F2N3/c1-2-5-16-9-11-4-3-6-18(11)13-12(15)7-10(14)8-17-13/h7-8,11,16H,2-6,9H2,1H3. The van der Waals surface area contributed by atoms with Crippen molar-refractivity contribution in [2.24, 2.45) is 0 Å². The molecule has 18 heavy (non-hydrogen) atoms. The summed E-state index contributed by atoms with van der Waals surface area (Å²) in [6, 6.07) is 1.15. The number of anilines is 1. The molecule has 2 heterocycles. The first kappa shape index (κ1) is 13.2. The molecule has 1 atom stereocenters. The van der Waals surface area contributed by atoms with E-state index >= 15 is 0 Å². The molecule has 2 rings (SSSR count). The van der Waals surface area contributed by atoms with Gasteiger partial charge in [-0.3, -0.25) is 0 Å². The zero-order chi connectivity index (χ0) is 13.0. The molecule has 0 bridgehead atoms. The Morgan fingerprint density at radius 1 is 1.50 bits per heavy atom. The molecule has 0 aliphatic carbocycles. The first-order valence-corrected chi connectivity index (χ1v) is 6.50. The fraction of sp³-hybridized carbons (Fsp3) is 0.615. The van der Waals surface area contributed by atoms with Crippen LogP contribution in [0.3, 0.4) is 0 Å². The highest BCUT2D eigenvalue weighted by molar-refractivity contribution is 5.42. The normalized spacial score (nSPS) is 19.5. The van der Waals surface area contributed by atoms with Crippen LogP contribution in [0.25, 0.3) is 0 Å². The number of hydrogen-bond donors (Lipinski definition) is 1. The second-order valence-corrected chi connectivity index (χ2v) is 4.65. The lowest BCUT2D eigenvalue weighted by atomic mass is 10.2. The molecule has 100 valence electrons. The summed E-state index contributed by atoms with van der Waals surface area (Å²) >= 11 is 0. The van der Waals surface area contributed by atoms with Crippen LogP contribution in [0.4, 0.5) is 14.6 Å². The van der Waals surface area contributed by atoms with Crippen LogP contribution in [0.2, 0.25) is 0 Å². The van der Waals surface area contributed by atoms with Crippen molar-refractivity contribution >= 4 is 5.82 Å². The average Bonchev–Trinajstić information content (AvgIpc) is 2.78. The van der Waals surface area contributed by atoms with Crippen LogP contribution in [-0.2, 0) is 0 Å². The fourth-order valence-electron chi connectivity index (χ4n) is 2.39. The van der Waals surface area contributed by atoms with Crippen molar-refractivity contribution in [2.45, 2.75) is 32.2 Å². The van der Waals surface area contributed by atoms with Gasteiger partial charge in [0.1, 0.15) is 5.82 Å². The van der Waals surface area contributed by atoms with Gasteiger partial charge in [-0.2, -0.15) is 0 Å². The minimum Gasteiger partial charge on any atom is -0.350 e. The minimum atomic E-state index is -0.629. The van der Waals surface area contributed by atoms with Gasteiger partial charge in [0.05, 0.1) is 6.20 Å². The van der Waals surface area contributed by atoms with Crippen LogP contribution >= 0.6 is 0 Å². The topological polar surface area (TPSA) is 28.2 Å². The van der Waals surface area contributed by atoms with Crippen LogP contribution in [-0.4, -0.2) is 30.7 Å². The molecule has 1 fully saturated rings. The molecule has 1 aliphatic rings. The number of aromatic nitrogens is 1. The molecule has 0 spiro atoms. The predicted molar refractivity (Wildman–Crippen MR) is 67.7 cm³/mol.